The lowest BCUT2D eigenvalue weighted by molar-refractivity contribution is -0.125. The monoisotopic (exact) mass is 474 g/mol. The van der Waals surface area contributed by atoms with Gasteiger partial charge in [-0.05, 0) is 59.7 Å². The Balaban J connectivity index is 1.26. The van der Waals surface area contributed by atoms with Crippen LogP contribution < -0.4 is 10.6 Å². The summed E-state index contributed by atoms with van der Waals surface area (Å²) in [5.74, 6) is -2.82. The van der Waals surface area contributed by atoms with Crippen molar-refractivity contribution in [3.63, 3.8) is 0 Å². The minimum Gasteiger partial charge on any atom is -0.478 e. The number of carbonyl (C=O) groups excluding carboxylic acids is 2. The first kappa shape index (κ1) is 22.6. The molecule has 3 aromatic carbocycles. The Bertz CT molecular complexity index is 1290. The quantitative estimate of drug-likeness (QED) is 0.470. The van der Waals surface area contributed by atoms with Crippen LogP contribution in [0.1, 0.15) is 46.7 Å². The van der Waals surface area contributed by atoms with Crippen molar-refractivity contribution in [2.45, 2.75) is 30.7 Å². The largest absolute Gasteiger partial charge is 0.478 e. The Kier molecular flexibility index (Phi) is 5.72. The molecule has 0 atom stereocenters. The number of nitrogens with one attached hydrogen (secondary N) is 2. The van der Waals surface area contributed by atoms with E-state index in [1.807, 2.05) is 48.5 Å². The standard InChI is InChI=1S/C27H23FN2O5/c28-22-14-16(24(31)32)10-11-23(22)29-25(33)27(12-5-13-27)30-26(34)35-15-21-19-8-3-1-6-17(19)18-7-2-4-9-20(18)21/h1-4,6-11,14,21H,5,12-13,15H2,(H,29,33)(H,30,34)(H,31,32). The topological polar surface area (TPSA) is 105 Å². The number of amides is 2. The summed E-state index contributed by atoms with van der Waals surface area (Å²) in [6, 6.07) is 19.2. The van der Waals surface area contributed by atoms with Gasteiger partial charge in [-0.1, -0.05) is 48.5 Å². The molecule has 0 spiro atoms. The van der Waals surface area contributed by atoms with Crippen LogP contribution in [-0.4, -0.2) is 35.2 Å². The molecule has 0 unspecified atom stereocenters. The summed E-state index contributed by atoms with van der Waals surface area (Å²) in [7, 11) is 0. The zero-order valence-electron chi connectivity index (χ0n) is 18.7. The van der Waals surface area contributed by atoms with Gasteiger partial charge in [0.15, 0.2) is 0 Å². The van der Waals surface area contributed by atoms with Crippen LogP contribution in [0.4, 0.5) is 14.9 Å². The third kappa shape index (κ3) is 4.12. The molecule has 2 aliphatic carbocycles. The number of aromatic carboxylic acids is 1. The van der Waals surface area contributed by atoms with Gasteiger partial charge in [-0.2, -0.15) is 0 Å². The van der Waals surface area contributed by atoms with E-state index in [1.54, 1.807) is 0 Å². The van der Waals surface area contributed by atoms with Crippen LogP contribution in [0.15, 0.2) is 66.7 Å². The molecule has 0 radical (unpaired) electrons. The summed E-state index contributed by atoms with van der Waals surface area (Å²) in [4.78, 5) is 36.7. The maximum absolute atomic E-state index is 14.3. The van der Waals surface area contributed by atoms with E-state index in [9.17, 15) is 18.8 Å². The predicted octanol–water partition coefficient (Wildman–Crippen LogP) is 4.92. The van der Waals surface area contributed by atoms with Crippen molar-refractivity contribution in [2.75, 3.05) is 11.9 Å². The smallest absolute Gasteiger partial charge is 0.408 e. The van der Waals surface area contributed by atoms with Crippen LogP contribution >= 0.6 is 0 Å². The van der Waals surface area contributed by atoms with Gasteiger partial charge in [-0.15, -0.1) is 0 Å². The zero-order chi connectivity index (χ0) is 24.6. The highest BCUT2D eigenvalue weighted by atomic mass is 19.1. The Morgan fingerprint density at radius 3 is 2.14 bits per heavy atom. The molecular formula is C27H23FN2O5. The van der Waals surface area contributed by atoms with Gasteiger partial charge in [-0.3, -0.25) is 4.79 Å². The van der Waals surface area contributed by atoms with Crippen molar-refractivity contribution in [3.8, 4) is 11.1 Å². The molecule has 8 heteroatoms. The average Bonchev–Trinajstić information content (AvgIpc) is 3.15. The first-order chi connectivity index (χ1) is 16.9. The third-order valence-electron chi connectivity index (χ3n) is 6.79. The molecule has 5 rings (SSSR count). The van der Waals surface area contributed by atoms with E-state index < -0.39 is 29.3 Å². The highest BCUT2D eigenvalue weighted by molar-refractivity contribution is 6.01. The number of ether oxygens (including phenoxy) is 1. The van der Waals surface area contributed by atoms with Crippen LogP contribution in [0.25, 0.3) is 11.1 Å². The van der Waals surface area contributed by atoms with E-state index in [2.05, 4.69) is 10.6 Å². The van der Waals surface area contributed by atoms with Crippen molar-refractivity contribution in [3.05, 3.63) is 89.2 Å². The van der Waals surface area contributed by atoms with E-state index in [0.717, 1.165) is 34.7 Å². The second-order valence-electron chi connectivity index (χ2n) is 8.84. The molecule has 1 saturated carbocycles. The fraction of sp³-hybridized carbons (Fsp3) is 0.222. The molecule has 0 bridgehead atoms. The van der Waals surface area contributed by atoms with Crippen molar-refractivity contribution >= 4 is 23.7 Å². The highest BCUT2D eigenvalue weighted by Gasteiger charge is 2.46. The Morgan fingerprint density at radius 1 is 0.971 bits per heavy atom. The van der Waals surface area contributed by atoms with Gasteiger partial charge in [0.05, 0.1) is 11.3 Å². The van der Waals surface area contributed by atoms with Crippen LogP contribution in [-0.2, 0) is 9.53 Å². The highest BCUT2D eigenvalue weighted by Crippen LogP contribution is 2.44. The SMILES string of the molecule is O=C(NC1(C(=O)Nc2ccc(C(=O)O)cc2F)CCC1)OCC1c2ccccc2-c2ccccc21. The van der Waals surface area contributed by atoms with Crippen molar-refractivity contribution in [1.82, 2.24) is 5.32 Å². The summed E-state index contributed by atoms with van der Waals surface area (Å²) in [6.07, 6.45) is 0.774. The Morgan fingerprint density at radius 2 is 1.60 bits per heavy atom. The van der Waals surface area contributed by atoms with Gasteiger partial charge in [0.2, 0.25) is 5.91 Å². The Labute approximate surface area is 200 Å². The van der Waals surface area contributed by atoms with Gasteiger partial charge < -0.3 is 20.5 Å². The number of anilines is 1. The Hall–Kier alpha value is -4.20. The molecule has 3 N–H and O–H groups in total. The van der Waals surface area contributed by atoms with Gasteiger partial charge >= 0.3 is 12.1 Å². The second-order valence-corrected chi connectivity index (χ2v) is 8.84. The van der Waals surface area contributed by atoms with Gasteiger partial charge in [0.25, 0.3) is 0 Å². The molecule has 35 heavy (non-hydrogen) atoms. The summed E-state index contributed by atoms with van der Waals surface area (Å²) in [5.41, 5.74) is 2.80. The minimum absolute atomic E-state index is 0.110. The lowest BCUT2D eigenvalue weighted by Gasteiger charge is -2.40. The zero-order valence-corrected chi connectivity index (χ0v) is 18.7. The second kappa shape index (κ2) is 8.87. The number of carboxylic acid groups (broad SMARTS) is 1. The van der Waals surface area contributed by atoms with E-state index >= 15 is 0 Å². The summed E-state index contributed by atoms with van der Waals surface area (Å²) >= 11 is 0. The molecule has 2 aliphatic rings. The van der Waals surface area contributed by atoms with E-state index in [1.165, 1.54) is 12.1 Å². The van der Waals surface area contributed by atoms with E-state index in [4.69, 9.17) is 9.84 Å². The maximum Gasteiger partial charge on any atom is 0.408 e. The molecule has 7 nitrogen and oxygen atoms in total. The molecule has 0 saturated heterocycles. The summed E-state index contributed by atoms with van der Waals surface area (Å²) in [6.45, 7) is 0.114. The van der Waals surface area contributed by atoms with E-state index in [0.29, 0.717) is 12.8 Å². The number of rotatable bonds is 6. The number of carbonyl (C=O) groups is 3. The average molecular weight is 474 g/mol. The molecule has 0 aromatic heterocycles. The first-order valence-electron chi connectivity index (χ1n) is 11.4. The number of fused-ring (bicyclic) bond motifs is 3. The van der Waals surface area contributed by atoms with Crippen LogP contribution in [0.3, 0.4) is 0 Å². The lowest BCUT2D eigenvalue weighted by Crippen LogP contribution is -2.61. The van der Waals surface area contributed by atoms with Crippen molar-refractivity contribution < 1.29 is 28.6 Å². The van der Waals surface area contributed by atoms with Crippen LogP contribution in [0.2, 0.25) is 0 Å². The lowest BCUT2D eigenvalue weighted by atomic mass is 9.76. The number of hydrogen-bond donors (Lipinski definition) is 3. The summed E-state index contributed by atoms with van der Waals surface area (Å²) < 4.78 is 19.9. The van der Waals surface area contributed by atoms with Gasteiger partial charge in [-0.25, -0.2) is 14.0 Å². The van der Waals surface area contributed by atoms with Crippen LogP contribution in [0, 0.1) is 5.82 Å². The van der Waals surface area contributed by atoms with Crippen molar-refractivity contribution in [1.29, 1.82) is 0 Å². The molecule has 1 fully saturated rings. The number of hydrogen-bond acceptors (Lipinski definition) is 4. The van der Waals surface area contributed by atoms with Crippen molar-refractivity contribution in [2.24, 2.45) is 0 Å². The van der Waals surface area contributed by atoms with Gasteiger partial charge in [0.1, 0.15) is 18.0 Å². The minimum atomic E-state index is -1.27. The first-order valence-corrected chi connectivity index (χ1v) is 11.4. The van der Waals surface area contributed by atoms with E-state index in [-0.39, 0.29) is 23.8 Å². The maximum atomic E-state index is 14.3. The van der Waals surface area contributed by atoms with Gasteiger partial charge in [0, 0.05) is 5.92 Å². The molecule has 2 amide bonds. The van der Waals surface area contributed by atoms with Crippen LogP contribution in [0.5, 0.6) is 0 Å². The molecule has 3 aromatic rings. The number of halogens is 1. The normalized spacial score (nSPS) is 15.3. The number of benzene rings is 3. The molecule has 0 heterocycles. The predicted molar refractivity (Wildman–Crippen MR) is 127 cm³/mol. The fourth-order valence-corrected chi connectivity index (χ4v) is 4.76. The molecule has 0 aliphatic heterocycles. The molecule has 178 valence electrons. The third-order valence-corrected chi connectivity index (χ3v) is 6.79. The number of alkyl carbamates (subject to hydrolysis) is 1. The summed E-state index contributed by atoms with van der Waals surface area (Å²) in [5, 5.41) is 14.1. The molecular weight excluding hydrogens is 451 g/mol. The fourth-order valence-electron chi connectivity index (χ4n) is 4.76. The number of carboxylic acids is 1.